The first kappa shape index (κ1) is 39.1. The molecule has 18 heteroatoms. The second-order valence-corrected chi connectivity index (χ2v) is 11.0. The van der Waals surface area contributed by atoms with Gasteiger partial charge >= 0.3 is 30.3 Å². The maximum atomic E-state index is 13.3. The number of aliphatic carboxylic acids is 1. The Bertz CT molecular complexity index is 2050. The first-order chi connectivity index (χ1) is 24.8. The Morgan fingerprint density at radius 3 is 1.57 bits per heavy atom. The molecule has 0 unspecified atom stereocenters. The van der Waals surface area contributed by atoms with Crippen LogP contribution in [-0.2, 0) is 31.4 Å². The highest BCUT2D eigenvalue weighted by molar-refractivity contribution is 6.05. The van der Waals surface area contributed by atoms with Crippen molar-refractivity contribution in [2.45, 2.75) is 31.5 Å². The summed E-state index contributed by atoms with van der Waals surface area (Å²) in [5.74, 6) is -8.82. The van der Waals surface area contributed by atoms with Crippen LogP contribution in [0.1, 0.15) is 58.1 Å². The van der Waals surface area contributed by atoms with Crippen LogP contribution in [-0.4, -0.2) is 52.9 Å². The normalized spacial score (nSPS) is 12.4. The summed E-state index contributed by atoms with van der Waals surface area (Å²) in [4.78, 5) is 76.4. The molecule has 4 rings (SSSR count). The van der Waals surface area contributed by atoms with Crippen LogP contribution in [0.2, 0.25) is 0 Å². The van der Waals surface area contributed by atoms with E-state index in [0.717, 1.165) is 29.8 Å². The molecule has 0 bridgehead atoms. The molecule has 12 nitrogen and oxygen atoms in total. The number of hydrogen-bond donors (Lipinski definition) is 4. The molecule has 3 amide bonds. The molecule has 0 aromatic heterocycles. The molecule has 0 aliphatic heterocycles. The van der Waals surface area contributed by atoms with E-state index in [-0.39, 0.29) is 11.3 Å². The molecule has 0 saturated heterocycles. The quantitative estimate of drug-likeness (QED) is 0.0917. The number of halogens is 6. The zero-order valence-electron chi connectivity index (χ0n) is 26.9. The summed E-state index contributed by atoms with van der Waals surface area (Å²) in [7, 11) is 0. The van der Waals surface area contributed by atoms with Crippen molar-refractivity contribution in [1.82, 2.24) is 10.9 Å². The van der Waals surface area contributed by atoms with Crippen LogP contribution < -0.4 is 16.2 Å². The summed E-state index contributed by atoms with van der Waals surface area (Å²) in [6, 6.07) is 16.9. The fourth-order valence-corrected chi connectivity index (χ4v) is 4.46. The fraction of sp³-hybridized carbons (Fsp3) is 0.143. The molecule has 4 aromatic rings. The molecule has 0 fully saturated rings. The zero-order valence-corrected chi connectivity index (χ0v) is 26.9. The minimum absolute atomic E-state index is 0.137. The third-order valence-corrected chi connectivity index (χ3v) is 7.08. The number of amides is 3. The van der Waals surface area contributed by atoms with Gasteiger partial charge in [-0.15, -0.1) is 0 Å². The fourth-order valence-electron chi connectivity index (χ4n) is 4.46. The Hall–Kier alpha value is -6.72. The van der Waals surface area contributed by atoms with Crippen molar-refractivity contribution < 1.29 is 69.7 Å². The summed E-state index contributed by atoms with van der Waals surface area (Å²) in [5.41, 5.74) is 0.661. The number of carbonyl (C=O) groups is 6. The van der Waals surface area contributed by atoms with Crippen LogP contribution in [0.5, 0.6) is 0 Å². The maximum absolute atomic E-state index is 13.3. The predicted octanol–water partition coefficient (Wildman–Crippen LogP) is 5.58. The van der Waals surface area contributed by atoms with E-state index in [1.807, 2.05) is 5.43 Å². The smallest absolute Gasteiger partial charge is 0.416 e. The summed E-state index contributed by atoms with van der Waals surface area (Å²) in [6.45, 7) is 1.79. The number of hydrogen-bond acceptors (Lipinski definition) is 8. The number of hydrazine groups is 1. The number of rotatable bonds is 10. The highest BCUT2D eigenvalue weighted by Crippen LogP contribution is 2.31. The van der Waals surface area contributed by atoms with E-state index >= 15 is 0 Å². The van der Waals surface area contributed by atoms with Gasteiger partial charge in [-0.3, -0.25) is 25.2 Å². The Morgan fingerprint density at radius 2 is 1.08 bits per heavy atom. The van der Waals surface area contributed by atoms with E-state index in [9.17, 15) is 60.2 Å². The number of carbonyl (C=O) groups excluding carboxylic acids is 5. The van der Waals surface area contributed by atoms with E-state index in [1.54, 1.807) is 36.6 Å². The summed E-state index contributed by atoms with van der Waals surface area (Å²) < 4.78 is 89.0. The lowest BCUT2D eigenvalue weighted by molar-refractivity contribution is -0.159. The van der Waals surface area contributed by atoms with Gasteiger partial charge in [0, 0.05) is 16.8 Å². The molecular weight excluding hydrogens is 720 g/mol. The standard InChI is InChI=1S/C35H25F6N3O9/c1-18-5-2-6-20(15-18)28(45)42-25-13-11-19(12-14-25)29(46)43-44-30(47)26(52-32(50)21-7-3-9-23(16-21)34(36,37)38)27(31(48)49)53-33(51)22-8-4-10-24(17-22)35(39,40)41/h2-17,26-27H,1H3,(H,42,45)(H,43,46)(H,44,47)(H,48,49)/t26-,27+/m0/s1. The average molecular weight is 746 g/mol. The van der Waals surface area contributed by atoms with Gasteiger partial charge < -0.3 is 19.9 Å². The van der Waals surface area contributed by atoms with E-state index in [0.29, 0.717) is 29.8 Å². The first-order valence-electron chi connectivity index (χ1n) is 14.9. The number of carboxylic acid groups (broad SMARTS) is 1. The lowest BCUT2D eigenvalue weighted by Crippen LogP contribution is -2.54. The van der Waals surface area contributed by atoms with Crippen LogP contribution >= 0.6 is 0 Å². The number of esters is 2. The van der Waals surface area contributed by atoms with Gasteiger partial charge in [0.25, 0.3) is 17.7 Å². The molecular formula is C35H25F6N3O9. The molecule has 4 N–H and O–H groups in total. The molecule has 0 saturated carbocycles. The molecule has 276 valence electrons. The van der Waals surface area contributed by atoms with Crippen molar-refractivity contribution >= 4 is 41.3 Å². The van der Waals surface area contributed by atoms with Gasteiger partial charge in [-0.05, 0) is 79.7 Å². The van der Waals surface area contributed by atoms with Crippen molar-refractivity contribution in [2.75, 3.05) is 5.32 Å². The van der Waals surface area contributed by atoms with Crippen LogP contribution in [0.3, 0.4) is 0 Å². The highest BCUT2D eigenvalue weighted by atomic mass is 19.4. The van der Waals surface area contributed by atoms with Gasteiger partial charge in [0.05, 0.1) is 22.3 Å². The second-order valence-electron chi connectivity index (χ2n) is 11.0. The number of benzene rings is 4. The van der Waals surface area contributed by atoms with Gasteiger partial charge in [-0.2, -0.15) is 26.3 Å². The van der Waals surface area contributed by atoms with Crippen molar-refractivity contribution in [2.24, 2.45) is 0 Å². The van der Waals surface area contributed by atoms with Crippen LogP contribution in [0, 0.1) is 6.92 Å². The number of anilines is 1. The topological polar surface area (TPSA) is 177 Å². The van der Waals surface area contributed by atoms with E-state index in [4.69, 9.17) is 9.47 Å². The molecule has 53 heavy (non-hydrogen) atoms. The minimum atomic E-state index is -4.94. The Balaban J connectivity index is 1.54. The molecule has 0 heterocycles. The largest absolute Gasteiger partial charge is 0.478 e. The van der Waals surface area contributed by atoms with Gasteiger partial charge in [0.15, 0.2) is 0 Å². The van der Waals surface area contributed by atoms with Gasteiger partial charge in [-0.25, -0.2) is 14.4 Å². The number of nitrogens with one attached hydrogen (secondary N) is 3. The van der Waals surface area contributed by atoms with Crippen LogP contribution in [0.15, 0.2) is 97.1 Å². The predicted molar refractivity (Wildman–Crippen MR) is 170 cm³/mol. The Morgan fingerprint density at radius 1 is 0.585 bits per heavy atom. The van der Waals surface area contributed by atoms with Crippen molar-refractivity contribution in [3.8, 4) is 0 Å². The highest BCUT2D eigenvalue weighted by Gasteiger charge is 2.42. The first-order valence-corrected chi connectivity index (χ1v) is 14.9. The molecule has 0 aliphatic rings. The SMILES string of the molecule is Cc1cccc(C(=O)Nc2ccc(C(=O)NNC(=O)[C@@H](OC(=O)c3cccc(C(F)(F)F)c3)[C@@H](OC(=O)c3cccc(C(F)(F)F)c3)C(=O)O)cc2)c1. The number of aryl methyl sites for hydroxylation is 1. The Labute approximate surface area is 294 Å². The molecule has 0 radical (unpaired) electrons. The third-order valence-electron chi connectivity index (χ3n) is 7.08. The van der Waals surface area contributed by atoms with Crippen LogP contribution in [0.25, 0.3) is 0 Å². The lowest BCUT2D eigenvalue weighted by atomic mass is 10.1. The molecule has 2 atom stereocenters. The van der Waals surface area contributed by atoms with Crippen molar-refractivity contribution in [3.05, 3.63) is 136 Å². The maximum Gasteiger partial charge on any atom is 0.416 e. The van der Waals surface area contributed by atoms with Gasteiger partial charge in [-0.1, -0.05) is 29.8 Å². The van der Waals surface area contributed by atoms with E-state index in [1.165, 1.54) is 24.3 Å². The minimum Gasteiger partial charge on any atom is -0.478 e. The zero-order chi connectivity index (χ0) is 39.1. The molecule has 0 spiro atoms. The summed E-state index contributed by atoms with van der Waals surface area (Å²) in [5, 5.41) is 12.5. The number of ether oxygens (including phenoxy) is 2. The lowest BCUT2D eigenvalue weighted by Gasteiger charge is -2.24. The summed E-state index contributed by atoms with van der Waals surface area (Å²) >= 11 is 0. The number of alkyl halides is 6. The van der Waals surface area contributed by atoms with Gasteiger partial charge in [0.2, 0.25) is 12.2 Å². The van der Waals surface area contributed by atoms with E-state index in [2.05, 4.69) is 5.32 Å². The summed E-state index contributed by atoms with van der Waals surface area (Å²) in [6.07, 6.45) is -15.4. The molecule has 0 aliphatic carbocycles. The van der Waals surface area contributed by atoms with Crippen molar-refractivity contribution in [1.29, 1.82) is 0 Å². The van der Waals surface area contributed by atoms with Crippen LogP contribution in [0.4, 0.5) is 32.0 Å². The third kappa shape index (κ3) is 10.4. The van der Waals surface area contributed by atoms with E-state index < -0.39 is 82.4 Å². The van der Waals surface area contributed by atoms with Gasteiger partial charge in [0.1, 0.15) is 0 Å². The van der Waals surface area contributed by atoms with Crippen molar-refractivity contribution in [3.63, 3.8) is 0 Å². The Kier molecular flexibility index (Phi) is 11.9. The second kappa shape index (κ2) is 16.1. The monoisotopic (exact) mass is 745 g/mol. The number of carboxylic acids is 1. The average Bonchev–Trinajstić information content (AvgIpc) is 3.11. The molecule has 4 aromatic carbocycles.